The number of hydrogen-bond acceptors (Lipinski definition) is 5. The molecule has 3 N–H and O–H groups in total. The fraction of sp³-hybridized carbons (Fsp3) is 0.538. The van der Waals surface area contributed by atoms with Crippen molar-refractivity contribution >= 4 is 11.3 Å². The highest BCUT2D eigenvalue weighted by atomic mass is 32.1. The summed E-state index contributed by atoms with van der Waals surface area (Å²) < 4.78 is 2.02. The van der Waals surface area contributed by atoms with Gasteiger partial charge in [0.25, 0.3) is 0 Å². The molecule has 5 nitrogen and oxygen atoms in total. The van der Waals surface area contributed by atoms with Crippen LogP contribution in [0.1, 0.15) is 42.0 Å². The number of nitrogens with zero attached hydrogens (tertiary/aromatic N) is 3. The molecule has 19 heavy (non-hydrogen) atoms. The zero-order valence-corrected chi connectivity index (χ0v) is 12.5. The Labute approximate surface area is 117 Å². The first-order chi connectivity index (χ1) is 9.17. The molecule has 0 bridgehead atoms. The smallest absolute Gasteiger partial charge is 0.0897 e. The SMILES string of the molecule is CCc1cc(C(Cc2csc(C)n2)NN)n(CC)n1. The van der Waals surface area contributed by atoms with E-state index in [9.17, 15) is 0 Å². The first-order valence-corrected chi connectivity index (χ1v) is 7.49. The monoisotopic (exact) mass is 279 g/mol. The zero-order chi connectivity index (χ0) is 13.8. The molecule has 1 atom stereocenters. The molecule has 0 aliphatic rings. The molecule has 0 saturated heterocycles. The molecule has 0 saturated carbocycles. The van der Waals surface area contributed by atoms with Gasteiger partial charge >= 0.3 is 0 Å². The lowest BCUT2D eigenvalue weighted by atomic mass is 10.1. The van der Waals surface area contributed by atoms with Gasteiger partial charge in [-0.25, -0.2) is 4.98 Å². The van der Waals surface area contributed by atoms with Crippen molar-refractivity contribution in [1.29, 1.82) is 0 Å². The molecule has 2 aromatic heterocycles. The molecule has 2 heterocycles. The van der Waals surface area contributed by atoms with E-state index in [2.05, 4.69) is 40.8 Å². The van der Waals surface area contributed by atoms with Crippen LogP contribution in [0.2, 0.25) is 0 Å². The maximum Gasteiger partial charge on any atom is 0.0897 e. The first kappa shape index (κ1) is 14.2. The summed E-state index contributed by atoms with van der Waals surface area (Å²) in [4.78, 5) is 4.50. The molecule has 0 radical (unpaired) electrons. The van der Waals surface area contributed by atoms with E-state index in [1.165, 1.54) is 0 Å². The summed E-state index contributed by atoms with van der Waals surface area (Å²) in [6.45, 7) is 7.07. The maximum atomic E-state index is 5.72. The minimum atomic E-state index is 0.0502. The molecule has 0 aliphatic heterocycles. The summed E-state index contributed by atoms with van der Waals surface area (Å²) in [6, 6.07) is 2.18. The van der Waals surface area contributed by atoms with Gasteiger partial charge in [0.2, 0.25) is 0 Å². The maximum absolute atomic E-state index is 5.72. The van der Waals surface area contributed by atoms with Gasteiger partial charge in [0, 0.05) is 18.3 Å². The standard InChI is InChI=1S/C13H21N5S/c1-4-10-7-13(18(5-2)17-10)12(16-14)6-11-8-19-9(3)15-11/h7-8,12,16H,4-6,14H2,1-3H3. The molecular formula is C13H21N5S. The second-order valence-electron chi connectivity index (χ2n) is 4.51. The van der Waals surface area contributed by atoms with Crippen LogP contribution in [0.5, 0.6) is 0 Å². The van der Waals surface area contributed by atoms with Gasteiger partial charge in [-0.3, -0.25) is 16.0 Å². The van der Waals surface area contributed by atoms with Crippen LogP contribution in [0.15, 0.2) is 11.4 Å². The van der Waals surface area contributed by atoms with Gasteiger partial charge in [-0.2, -0.15) is 5.10 Å². The Bertz CT molecular complexity index is 531. The third-order valence-corrected chi connectivity index (χ3v) is 3.98. The summed E-state index contributed by atoms with van der Waals surface area (Å²) in [7, 11) is 0. The molecule has 0 aliphatic carbocycles. The van der Waals surface area contributed by atoms with Crippen molar-refractivity contribution in [3.8, 4) is 0 Å². The predicted molar refractivity (Wildman–Crippen MR) is 77.9 cm³/mol. The predicted octanol–water partition coefficient (Wildman–Crippen LogP) is 1.98. The van der Waals surface area contributed by atoms with Crippen LogP contribution in [-0.2, 0) is 19.4 Å². The van der Waals surface area contributed by atoms with Crippen LogP contribution in [0.4, 0.5) is 0 Å². The number of thiazole rings is 1. The van der Waals surface area contributed by atoms with Crippen molar-refractivity contribution in [1.82, 2.24) is 20.2 Å². The molecule has 0 fully saturated rings. The molecular weight excluding hydrogens is 258 g/mol. The molecule has 2 aromatic rings. The molecule has 2 rings (SSSR count). The Morgan fingerprint density at radius 3 is 2.74 bits per heavy atom. The van der Waals surface area contributed by atoms with E-state index in [-0.39, 0.29) is 6.04 Å². The van der Waals surface area contributed by atoms with E-state index in [0.717, 1.165) is 41.5 Å². The molecule has 1 unspecified atom stereocenters. The van der Waals surface area contributed by atoms with Crippen LogP contribution >= 0.6 is 11.3 Å². The van der Waals surface area contributed by atoms with Crippen molar-refractivity contribution in [2.45, 2.75) is 46.2 Å². The second-order valence-corrected chi connectivity index (χ2v) is 5.57. The Morgan fingerprint density at radius 1 is 1.42 bits per heavy atom. The third-order valence-electron chi connectivity index (χ3n) is 3.16. The highest BCUT2D eigenvalue weighted by Gasteiger charge is 2.18. The lowest BCUT2D eigenvalue weighted by Crippen LogP contribution is -2.31. The molecule has 6 heteroatoms. The minimum absolute atomic E-state index is 0.0502. The lowest BCUT2D eigenvalue weighted by Gasteiger charge is -2.16. The molecule has 104 valence electrons. The van der Waals surface area contributed by atoms with Crippen LogP contribution in [0.25, 0.3) is 0 Å². The summed E-state index contributed by atoms with van der Waals surface area (Å²) in [5, 5.41) is 7.74. The van der Waals surface area contributed by atoms with E-state index in [1.807, 2.05) is 11.6 Å². The minimum Gasteiger partial charge on any atom is -0.271 e. The quantitative estimate of drug-likeness (QED) is 0.626. The number of hydrogen-bond donors (Lipinski definition) is 2. The molecule has 0 amide bonds. The Hall–Kier alpha value is -1.24. The summed E-state index contributed by atoms with van der Waals surface area (Å²) in [5.41, 5.74) is 6.20. The van der Waals surface area contributed by atoms with Crippen molar-refractivity contribution in [2.75, 3.05) is 0 Å². The highest BCUT2D eigenvalue weighted by Crippen LogP contribution is 2.20. The van der Waals surface area contributed by atoms with E-state index >= 15 is 0 Å². The average Bonchev–Trinajstić information content (AvgIpc) is 3.01. The number of aromatic nitrogens is 3. The number of hydrazine groups is 1. The zero-order valence-electron chi connectivity index (χ0n) is 11.7. The Kier molecular flexibility index (Phi) is 4.68. The van der Waals surface area contributed by atoms with Gasteiger partial charge in [-0.1, -0.05) is 6.92 Å². The van der Waals surface area contributed by atoms with Crippen LogP contribution in [0.3, 0.4) is 0 Å². The fourth-order valence-electron chi connectivity index (χ4n) is 2.15. The number of rotatable bonds is 6. The van der Waals surface area contributed by atoms with Gasteiger partial charge in [0.05, 0.1) is 28.1 Å². The summed E-state index contributed by atoms with van der Waals surface area (Å²) in [6.07, 6.45) is 1.72. The van der Waals surface area contributed by atoms with Crippen molar-refractivity contribution in [3.05, 3.63) is 33.5 Å². The van der Waals surface area contributed by atoms with Gasteiger partial charge in [0.1, 0.15) is 0 Å². The summed E-state index contributed by atoms with van der Waals surface area (Å²) >= 11 is 1.67. The second kappa shape index (κ2) is 6.27. The Morgan fingerprint density at radius 2 is 2.21 bits per heavy atom. The van der Waals surface area contributed by atoms with Gasteiger partial charge in [0.15, 0.2) is 0 Å². The number of nitrogens with two attached hydrogens (primary N) is 1. The van der Waals surface area contributed by atoms with Gasteiger partial charge in [-0.05, 0) is 26.3 Å². The lowest BCUT2D eigenvalue weighted by molar-refractivity contribution is 0.487. The first-order valence-electron chi connectivity index (χ1n) is 6.61. The van der Waals surface area contributed by atoms with E-state index in [4.69, 9.17) is 5.84 Å². The van der Waals surface area contributed by atoms with Crippen molar-refractivity contribution < 1.29 is 0 Å². The topological polar surface area (TPSA) is 68.8 Å². The number of aryl methyl sites for hydroxylation is 3. The summed E-state index contributed by atoms with van der Waals surface area (Å²) in [5.74, 6) is 5.72. The van der Waals surface area contributed by atoms with Crippen molar-refractivity contribution in [2.24, 2.45) is 5.84 Å². The number of nitrogens with one attached hydrogen (secondary N) is 1. The van der Waals surface area contributed by atoms with Gasteiger partial charge < -0.3 is 0 Å². The molecule has 0 aromatic carbocycles. The fourth-order valence-corrected chi connectivity index (χ4v) is 2.78. The highest BCUT2D eigenvalue weighted by molar-refractivity contribution is 7.09. The normalized spacial score (nSPS) is 12.8. The van der Waals surface area contributed by atoms with Crippen LogP contribution < -0.4 is 11.3 Å². The largest absolute Gasteiger partial charge is 0.271 e. The van der Waals surface area contributed by atoms with Crippen LogP contribution in [0, 0.1) is 6.92 Å². The van der Waals surface area contributed by atoms with E-state index in [0.29, 0.717) is 0 Å². The third kappa shape index (κ3) is 3.20. The van der Waals surface area contributed by atoms with Crippen LogP contribution in [-0.4, -0.2) is 14.8 Å². The molecule has 0 spiro atoms. The average molecular weight is 279 g/mol. The Balaban J connectivity index is 2.23. The van der Waals surface area contributed by atoms with E-state index in [1.54, 1.807) is 11.3 Å². The van der Waals surface area contributed by atoms with Crippen molar-refractivity contribution in [3.63, 3.8) is 0 Å². The van der Waals surface area contributed by atoms with E-state index < -0.39 is 0 Å². The van der Waals surface area contributed by atoms with Gasteiger partial charge in [-0.15, -0.1) is 11.3 Å².